The molecule has 1 fully saturated rings. The highest BCUT2D eigenvalue weighted by atomic mass is 16.5. The van der Waals surface area contributed by atoms with Gasteiger partial charge >= 0.3 is 0 Å². The van der Waals surface area contributed by atoms with Crippen molar-refractivity contribution in [1.29, 1.82) is 0 Å². The number of ether oxygens (including phenoxy) is 1. The first-order valence-corrected chi connectivity index (χ1v) is 13.0. The molecule has 1 amide bonds. The Balaban J connectivity index is 1.80. The first-order chi connectivity index (χ1) is 18.0. The van der Waals surface area contributed by atoms with Crippen molar-refractivity contribution in [2.24, 2.45) is 5.92 Å². The van der Waals surface area contributed by atoms with Crippen molar-refractivity contribution in [3.05, 3.63) is 100 Å². The van der Waals surface area contributed by atoms with E-state index in [1.807, 2.05) is 37.3 Å². The van der Waals surface area contributed by atoms with E-state index in [9.17, 15) is 14.7 Å². The third-order valence-corrected chi connectivity index (χ3v) is 6.73. The minimum Gasteiger partial charge on any atom is -0.507 e. The van der Waals surface area contributed by atoms with Crippen molar-refractivity contribution >= 4 is 17.4 Å². The number of benzene rings is 2. The van der Waals surface area contributed by atoms with Crippen LogP contribution in [0.2, 0.25) is 0 Å². The maximum atomic E-state index is 13.4. The molecule has 1 saturated heterocycles. The van der Waals surface area contributed by atoms with E-state index in [-0.39, 0.29) is 23.3 Å². The summed E-state index contributed by atoms with van der Waals surface area (Å²) in [4.78, 5) is 32.4. The lowest BCUT2D eigenvalue weighted by Gasteiger charge is -2.26. The molecule has 6 nitrogen and oxygen atoms in total. The fraction of sp³-hybridized carbons (Fsp3) is 0.344. The fourth-order valence-corrected chi connectivity index (χ4v) is 4.61. The van der Waals surface area contributed by atoms with E-state index in [0.717, 1.165) is 28.0 Å². The lowest BCUT2D eigenvalue weighted by atomic mass is 9.85. The first-order valence-electron chi connectivity index (χ1n) is 13.0. The molecule has 38 heavy (non-hydrogen) atoms. The van der Waals surface area contributed by atoms with Crippen LogP contribution in [0.5, 0.6) is 5.75 Å². The number of aryl methyl sites for hydroxylation is 1. The van der Waals surface area contributed by atoms with Gasteiger partial charge in [0.1, 0.15) is 11.5 Å². The Hall–Kier alpha value is -3.93. The van der Waals surface area contributed by atoms with Crippen molar-refractivity contribution in [2.75, 3.05) is 6.61 Å². The van der Waals surface area contributed by atoms with E-state index in [0.29, 0.717) is 18.1 Å². The van der Waals surface area contributed by atoms with Crippen LogP contribution in [0, 0.1) is 12.8 Å². The van der Waals surface area contributed by atoms with E-state index in [4.69, 9.17) is 4.74 Å². The zero-order valence-electron chi connectivity index (χ0n) is 23.0. The molecule has 1 aliphatic rings. The van der Waals surface area contributed by atoms with Crippen molar-refractivity contribution in [1.82, 2.24) is 9.88 Å². The van der Waals surface area contributed by atoms with Gasteiger partial charge in [-0.25, -0.2) is 0 Å². The summed E-state index contributed by atoms with van der Waals surface area (Å²) in [5, 5.41) is 11.5. The normalized spacial score (nSPS) is 17.3. The van der Waals surface area contributed by atoms with Crippen molar-refractivity contribution < 1.29 is 19.4 Å². The van der Waals surface area contributed by atoms with Crippen LogP contribution < -0.4 is 4.74 Å². The van der Waals surface area contributed by atoms with Crippen LogP contribution in [0.15, 0.2) is 72.6 Å². The van der Waals surface area contributed by atoms with Crippen molar-refractivity contribution in [3.8, 4) is 5.75 Å². The summed E-state index contributed by atoms with van der Waals surface area (Å²) in [6.07, 6.45) is 3.34. The number of carbonyl (C=O) groups is 2. The average molecular weight is 513 g/mol. The van der Waals surface area contributed by atoms with Gasteiger partial charge in [-0.2, -0.15) is 0 Å². The number of aliphatic hydroxyl groups is 1. The molecule has 1 aromatic heterocycles. The Kier molecular flexibility index (Phi) is 7.72. The molecule has 0 aliphatic carbocycles. The second kappa shape index (κ2) is 10.8. The van der Waals surface area contributed by atoms with Gasteiger partial charge in [-0.15, -0.1) is 0 Å². The number of hydrogen-bond donors (Lipinski definition) is 1. The molecule has 0 saturated carbocycles. The van der Waals surface area contributed by atoms with Gasteiger partial charge in [0.25, 0.3) is 11.7 Å². The van der Waals surface area contributed by atoms with Gasteiger partial charge in [0.15, 0.2) is 0 Å². The highest BCUT2D eigenvalue weighted by molar-refractivity contribution is 6.46. The summed E-state index contributed by atoms with van der Waals surface area (Å²) in [7, 11) is 0. The quantitative estimate of drug-likeness (QED) is 0.227. The van der Waals surface area contributed by atoms with Crippen LogP contribution in [-0.4, -0.2) is 33.3 Å². The zero-order valence-corrected chi connectivity index (χ0v) is 23.0. The van der Waals surface area contributed by atoms with E-state index < -0.39 is 17.7 Å². The predicted octanol–water partition coefficient (Wildman–Crippen LogP) is 6.34. The summed E-state index contributed by atoms with van der Waals surface area (Å²) in [5.41, 5.74) is 4.04. The Morgan fingerprint density at radius 1 is 1.08 bits per heavy atom. The third kappa shape index (κ3) is 5.64. The summed E-state index contributed by atoms with van der Waals surface area (Å²) >= 11 is 0. The van der Waals surface area contributed by atoms with Crippen LogP contribution >= 0.6 is 0 Å². The van der Waals surface area contributed by atoms with Crippen LogP contribution in [0.25, 0.3) is 5.76 Å². The molecule has 3 aromatic rings. The average Bonchev–Trinajstić information content (AvgIpc) is 3.12. The number of pyridine rings is 1. The zero-order chi connectivity index (χ0) is 27.6. The standard InChI is InChI=1S/C32H36N2O4/c1-20(2)19-38-26-14-11-24(16-21(26)3)29(35)27-28(23-9-12-25(13-10-23)32(4,5)6)34(31(37)30(27)36)18-22-8-7-15-33-17-22/h7-17,20,28,35H,18-19H2,1-6H3/t28-/m1/s1. The molecular formula is C32H36N2O4. The maximum Gasteiger partial charge on any atom is 0.295 e. The molecular weight excluding hydrogens is 476 g/mol. The number of ketones is 1. The fourth-order valence-electron chi connectivity index (χ4n) is 4.61. The number of rotatable bonds is 7. The number of nitrogens with zero attached hydrogens (tertiary/aromatic N) is 2. The number of hydrogen-bond acceptors (Lipinski definition) is 5. The van der Waals surface area contributed by atoms with Gasteiger partial charge < -0.3 is 14.7 Å². The Labute approximate surface area is 225 Å². The predicted molar refractivity (Wildman–Crippen MR) is 149 cm³/mol. The largest absolute Gasteiger partial charge is 0.507 e. The number of likely N-dealkylation sites (tertiary alicyclic amines) is 1. The monoisotopic (exact) mass is 512 g/mol. The molecule has 0 spiro atoms. The molecule has 2 aromatic carbocycles. The van der Waals surface area contributed by atoms with E-state index >= 15 is 0 Å². The molecule has 0 radical (unpaired) electrons. The van der Waals surface area contributed by atoms with Gasteiger partial charge in [0.05, 0.1) is 18.2 Å². The Bertz CT molecular complexity index is 1350. The lowest BCUT2D eigenvalue weighted by Crippen LogP contribution is -2.29. The Morgan fingerprint density at radius 2 is 1.79 bits per heavy atom. The topological polar surface area (TPSA) is 79.7 Å². The molecule has 1 N–H and O–H groups in total. The highest BCUT2D eigenvalue weighted by Gasteiger charge is 2.46. The molecule has 6 heteroatoms. The molecule has 4 rings (SSSR count). The number of amides is 1. The number of Topliss-reactive ketones (excluding diaryl/α,β-unsaturated/α-hetero) is 1. The molecule has 2 heterocycles. The van der Waals surface area contributed by atoms with E-state index in [1.165, 1.54) is 4.90 Å². The van der Waals surface area contributed by atoms with Crippen molar-refractivity contribution in [3.63, 3.8) is 0 Å². The van der Waals surface area contributed by atoms with Crippen LogP contribution in [-0.2, 0) is 21.5 Å². The van der Waals surface area contributed by atoms with Crippen LogP contribution in [0.4, 0.5) is 0 Å². The van der Waals surface area contributed by atoms with Gasteiger partial charge in [-0.3, -0.25) is 14.6 Å². The van der Waals surface area contributed by atoms with E-state index in [2.05, 4.69) is 39.6 Å². The van der Waals surface area contributed by atoms with Gasteiger partial charge in [0.2, 0.25) is 0 Å². The highest BCUT2D eigenvalue weighted by Crippen LogP contribution is 2.41. The smallest absolute Gasteiger partial charge is 0.295 e. The number of aliphatic hydroxyl groups excluding tert-OH is 1. The molecule has 198 valence electrons. The summed E-state index contributed by atoms with van der Waals surface area (Å²) in [6.45, 7) is 13.2. The summed E-state index contributed by atoms with van der Waals surface area (Å²) < 4.78 is 5.88. The summed E-state index contributed by atoms with van der Waals surface area (Å²) in [6, 6.07) is 16.2. The number of aromatic nitrogens is 1. The minimum absolute atomic E-state index is 0.0486. The lowest BCUT2D eigenvalue weighted by molar-refractivity contribution is -0.140. The first kappa shape index (κ1) is 27.1. The van der Waals surface area contributed by atoms with E-state index in [1.54, 1.807) is 36.7 Å². The van der Waals surface area contributed by atoms with Gasteiger partial charge in [0, 0.05) is 24.5 Å². The van der Waals surface area contributed by atoms with Crippen LogP contribution in [0.3, 0.4) is 0 Å². The third-order valence-electron chi connectivity index (χ3n) is 6.73. The minimum atomic E-state index is -0.735. The number of carbonyl (C=O) groups excluding carboxylic acids is 2. The van der Waals surface area contributed by atoms with Crippen LogP contribution in [0.1, 0.15) is 68.5 Å². The maximum absolute atomic E-state index is 13.4. The van der Waals surface area contributed by atoms with Gasteiger partial charge in [-0.05, 0) is 64.8 Å². The molecule has 0 unspecified atom stereocenters. The SMILES string of the molecule is Cc1cc(C(O)=C2C(=O)C(=O)N(Cc3cccnc3)[C@@H]2c2ccc(C(C)(C)C)cc2)ccc1OCC(C)C. The van der Waals surface area contributed by atoms with Gasteiger partial charge in [-0.1, -0.05) is 65.0 Å². The second-order valence-corrected chi connectivity index (χ2v) is 11.3. The summed E-state index contributed by atoms with van der Waals surface area (Å²) in [5.74, 6) is -0.437. The molecule has 1 atom stereocenters. The van der Waals surface area contributed by atoms with Crippen molar-refractivity contribution in [2.45, 2.75) is 59.5 Å². The molecule has 1 aliphatic heterocycles. The second-order valence-electron chi connectivity index (χ2n) is 11.3. The molecule has 0 bridgehead atoms. The Morgan fingerprint density at radius 3 is 2.37 bits per heavy atom.